The first-order valence-corrected chi connectivity index (χ1v) is 8.13. The number of hydrogen-bond acceptors (Lipinski definition) is 4. The fraction of sp³-hybridized carbons (Fsp3) is 0.714. The monoisotopic (exact) mass is 263 g/mol. The number of nitrogens with zero attached hydrogens (tertiary/aromatic N) is 2. The molecule has 1 aromatic rings. The molecule has 1 saturated carbocycles. The van der Waals surface area contributed by atoms with Crippen molar-refractivity contribution >= 4 is 17.6 Å². The zero-order valence-electron chi connectivity index (χ0n) is 10.8. The molecule has 18 heavy (non-hydrogen) atoms. The largest absolute Gasteiger partial charge is 0.383 e. The molecule has 0 atom stereocenters. The first kappa shape index (κ1) is 12.3. The van der Waals surface area contributed by atoms with Gasteiger partial charge in [-0.05, 0) is 38.5 Å². The average molecular weight is 263 g/mol. The van der Waals surface area contributed by atoms with E-state index in [9.17, 15) is 0 Å². The number of rotatable bonds is 3. The number of nitrogen functional groups attached to an aromatic ring is 1. The van der Waals surface area contributed by atoms with Crippen molar-refractivity contribution in [1.82, 2.24) is 9.97 Å². The molecule has 2 N–H and O–H groups in total. The van der Waals surface area contributed by atoms with E-state index in [0.717, 1.165) is 35.5 Å². The Hall–Kier alpha value is -0.770. The minimum atomic E-state index is 0.738. The van der Waals surface area contributed by atoms with Crippen molar-refractivity contribution in [3.05, 3.63) is 17.1 Å². The van der Waals surface area contributed by atoms with Gasteiger partial charge < -0.3 is 5.73 Å². The number of fused-ring (bicyclic) bond motifs is 1. The van der Waals surface area contributed by atoms with Gasteiger partial charge in [-0.15, -0.1) is 0 Å². The van der Waals surface area contributed by atoms with Crippen LogP contribution in [0.15, 0.2) is 0 Å². The van der Waals surface area contributed by atoms with E-state index in [1.807, 2.05) is 11.8 Å². The Balaban J connectivity index is 1.70. The molecule has 3 rings (SSSR count). The van der Waals surface area contributed by atoms with Gasteiger partial charge in [-0.1, -0.05) is 12.8 Å². The lowest BCUT2D eigenvalue weighted by atomic mass is 9.96. The van der Waals surface area contributed by atoms with Gasteiger partial charge >= 0.3 is 0 Å². The van der Waals surface area contributed by atoms with Gasteiger partial charge in [0.15, 0.2) is 0 Å². The minimum Gasteiger partial charge on any atom is -0.383 e. The second kappa shape index (κ2) is 5.47. The van der Waals surface area contributed by atoms with Crippen LogP contribution in [0.25, 0.3) is 0 Å². The Morgan fingerprint density at radius 3 is 2.67 bits per heavy atom. The van der Waals surface area contributed by atoms with Crippen molar-refractivity contribution in [3.8, 4) is 0 Å². The molecule has 0 bridgehead atoms. The van der Waals surface area contributed by atoms with Crippen LogP contribution in [0, 0.1) is 0 Å². The molecule has 2 aliphatic rings. The number of hydrogen-bond donors (Lipinski definition) is 1. The van der Waals surface area contributed by atoms with Gasteiger partial charge in [-0.2, -0.15) is 11.8 Å². The number of aromatic nitrogens is 2. The minimum absolute atomic E-state index is 0.738. The molecule has 0 spiro atoms. The second-order valence-electron chi connectivity index (χ2n) is 5.37. The summed E-state index contributed by atoms with van der Waals surface area (Å²) in [5.41, 5.74) is 8.50. The lowest BCUT2D eigenvalue weighted by molar-refractivity contribution is 0.660. The highest BCUT2D eigenvalue weighted by molar-refractivity contribution is 7.99. The standard InChI is InChI=1S/C14H21N3S/c15-14-11-7-3-4-8-12(11)16-13(17-14)9-18-10-5-1-2-6-10/h10H,1-9H2,(H2,15,16,17). The lowest BCUT2D eigenvalue weighted by Gasteiger charge is -2.17. The second-order valence-corrected chi connectivity index (χ2v) is 6.66. The summed E-state index contributed by atoms with van der Waals surface area (Å²) in [6.07, 6.45) is 10.2. The molecule has 3 nitrogen and oxygen atoms in total. The van der Waals surface area contributed by atoms with Crippen molar-refractivity contribution in [2.45, 2.75) is 62.4 Å². The van der Waals surface area contributed by atoms with Crippen molar-refractivity contribution in [2.24, 2.45) is 0 Å². The van der Waals surface area contributed by atoms with E-state index in [2.05, 4.69) is 4.98 Å². The van der Waals surface area contributed by atoms with Crippen LogP contribution < -0.4 is 5.73 Å². The Kier molecular flexibility index (Phi) is 3.73. The molecule has 0 amide bonds. The summed E-state index contributed by atoms with van der Waals surface area (Å²) >= 11 is 2.02. The van der Waals surface area contributed by atoms with E-state index in [4.69, 9.17) is 10.7 Å². The van der Waals surface area contributed by atoms with Gasteiger partial charge in [0.2, 0.25) is 0 Å². The molecule has 1 aromatic heterocycles. The van der Waals surface area contributed by atoms with E-state index < -0.39 is 0 Å². The predicted molar refractivity (Wildman–Crippen MR) is 76.6 cm³/mol. The maximum atomic E-state index is 6.07. The van der Waals surface area contributed by atoms with Crippen molar-refractivity contribution in [1.29, 1.82) is 0 Å². The molecule has 0 radical (unpaired) electrons. The molecular formula is C14H21N3S. The van der Waals surface area contributed by atoms with Crippen LogP contribution in [0.3, 0.4) is 0 Å². The summed E-state index contributed by atoms with van der Waals surface area (Å²) in [6, 6.07) is 0. The van der Waals surface area contributed by atoms with Gasteiger partial charge in [0.1, 0.15) is 11.6 Å². The van der Waals surface area contributed by atoms with Crippen LogP contribution in [0.1, 0.15) is 55.6 Å². The molecular weight excluding hydrogens is 242 g/mol. The molecule has 0 aliphatic heterocycles. The van der Waals surface area contributed by atoms with Crippen LogP contribution in [0.4, 0.5) is 5.82 Å². The maximum absolute atomic E-state index is 6.07. The molecule has 0 saturated heterocycles. The third kappa shape index (κ3) is 2.63. The van der Waals surface area contributed by atoms with Crippen LogP contribution in [0.5, 0.6) is 0 Å². The van der Waals surface area contributed by atoms with E-state index in [-0.39, 0.29) is 0 Å². The normalized spacial score (nSPS) is 20.0. The molecule has 1 fully saturated rings. The van der Waals surface area contributed by atoms with Crippen LogP contribution in [-0.2, 0) is 18.6 Å². The molecule has 4 heteroatoms. The summed E-state index contributed by atoms with van der Waals surface area (Å²) in [5, 5.41) is 0.825. The fourth-order valence-corrected chi connectivity index (χ4v) is 4.17. The summed E-state index contributed by atoms with van der Waals surface area (Å²) in [5.74, 6) is 2.62. The zero-order chi connectivity index (χ0) is 12.4. The SMILES string of the molecule is Nc1nc(CSC2CCCC2)nc2c1CCCC2. The summed E-state index contributed by atoms with van der Waals surface area (Å²) < 4.78 is 0. The van der Waals surface area contributed by atoms with E-state index in [0.29, 0.717) is 0 Å². The van der Waals surface area contributed by atoms with Crippen LogP contribution >= 0.6 is 11.8 Å². The molecule has 98 valence electrons. The van der Waals surface area contributed by atoms with Crippen molar-refractivity contribution in [3.63, 3.8) is 0 Å². The third-order valence-electron chi connectivity index (χ3n) is 4.01. The molecule has 0 unspecified atom stereocenters. The summed E-state index contributed by atoms with van der Waals surface area (Å²) in [6.45, 7) is 0. The quantitative estimate of drug-likeness (QED) is 0.910. The third-order valence-corrected chi connectivity index (χ3v) is 5.38. The Morgan fingerprint density at radius 2 is 1.83 bits per heavy atom. The highest BCUT2D eigenvalue weighted by Crippen LogP contribution is 2.31. The number of nitrogens with two attached hydrogens (primary N) is 1. The van der Waals surface area contributed by atoms with Crippen LogP contribution in [0.2, 0.25) is 0 Å². The molecule has 2 aliphatic carbocycles. The lowest BCUT2D eigenvalue weighted by Crippen LogP contribution is -2.13. The Labute approximate surface area is 113 Å². The highest BCUT2D eigenvalue weighted by atomic mass is 32.2. The van der Waals surface area contributed by atoms with Gasteiger partial charge in [-0.3, -0.25) is 0 Å². The van der Waals surface area contributed by atoms with Gasteiger partial charge in [-0.25, -0.2) is 9.97 Å². The first-order valence-electron chi connectivity index (χ1n) is 7.08. The topological polar surface area (TPSA) is 51.8 Å². The maximum Gasteiger partial charge on any atom is 0.140 e. The summed E-state index contributed by atoms with van der Waals surface area (Å²) in [7, 11) is 0. The zero-order valence-corrected chi connectivity index (χ0v) is 11.6. The van der Waals surface area contributed by atoms with Gasteiger partial charge in [0, 0.05) is 16.5 Å². The predicted octanol–water partition coefficient (Wildman–Crippen LogP) is 3.11. The number of thioether (sulfide) groups is 1. The van der Waals surface area contributed by atoms with E-state index >= 15 is 0 Å². The highest BCUT2D eigenvalue weighted by Gasteiger charge is 2.18. The smallest absolute Gasteiger partial charge is 0.140 e. The summed E-state index contributed by atoms with van der Waals surface area (Å²) in [4.78, 5) is 9.22. The first-order chi connectivity index (χ1) is 8.83. The van der Waals surface area contributed by atoms with Crippen molar-refractivity contribution < 1.29 is 0 Å². The van der Waals surface area contributed by atoms with Gasteiger partial charge in [0.25, 0.3) is 0 Å². The number of aryl methyl sites for hydroxylation is 1. The van der Waals surface area contributed by atoms with Crippen molar-refractivity contribution in [2.75, 3.05) is 5.73 Å². The Morgan fingerprint density at radius 1 is 1.06 bits per heavy atom. The fourth-order valence-electron chi connectivity index (χ4n) is 2.99. The van der Waals surface area contributed by atoms with E-state index in [1.165, 1.54) is 49.8 Å². The average Bonchev–Trinajstić information content (AvgIpc) is 2.90. The van der Waals surface area contributed by atoms with E-state index in [1.54, 1.807) is 0 Å². The molecule has 1 heterocycles. The number of anilines is 1. The Bertz CT molecular complexity index is 427. The van der Waals surface area contributed by atoms with Gasteiger partial charge in [0.05, 0.1) is 5.75 Å². The molecule has 0 aromatic carbocycles. The van der Waals surface area contributed by atoms with Crippen LogP contribution in [-0.4, -0.2) is 15.2 Å².